The first-order valence-electron chi connectivity index (χ1n) is 7.90. The van der Waals surface area contributed by atoms with Crippen molar-refractivity contribution in [2.24, 2.45) is 5.92 Å². The summed E-state index contributed by atoms with van der Waals surface area (Å²) in [6.45, 7) is 1.80. The molecule has 5 heteroatoms. The Kier molecular flexibility index (Phi) is 4.26. The molecule has 1 heterocycles. The van der Waals surface area contributed by atoms with E-state index in [9.17, 15) is 18.0 Å². The molecule has 1 atom stereocenters. The van der Waals surface area contributed by atoms with Crippen molar-refractivity contribution in [3.05, 3.63) is 35.4 Å². The number of rotatable bonds is 3. The number of alkyl halides is 3. The Morgan fingerprint density at radius 2 is 1.73 bits per heavy atom. The van der Waals surface area contributed by atoms with Crippen LogP contribution in [0.2, 0.25) is 0 Å². The molecule has 1 saturated heterocycles. The van der Waals surface area contributed by atoms with Gasteiger partial charge in [0.15, 0.2) is 5.78 Å². The molecule has 0 unspecified atom stereocenters. The van der Waals surface area contributed by atoms with Crippen molar-refractivity contribution in [3.8, 4) is 0 Å². The second-order valence-electron chi connectivity index (χ2n) is 6.36. The van der Waals surface area contributed by atoms with E-state index in [1.165, 1.54) is 31.4 Å². The maximum absolute atomic E-state index is 12.6. The molecule has 0 aromatic heterocycles. The van der Waals surface area contributed by atoms with Crippen LogP contribution in [-0.4, -0.2) is 29.8 Å². The molecule has 2 nitrogen and oxygen atoms in total. The summed E-state index contributed by atoms with van der Waals surface area (Å²) in [7, 11) is 0. The normalized spacial score (nSPS) is 24.0. The summed E-state index contributed by atoms with van der Waals surface area (Å²) in [5.41, 5.74) is -0.308. The maximum Gasteiger partial charge on any atom is 0.416 e. The molecule has 1 saturated carbocycles. The van der Waals surface area contributed by atoms with Crippen LogP contribution >= 0.6 is 0 Å². The lowest BCUT2D eigenvalue weighted by Crippen LogP contribution is -2.47. The quantitative estimate of drug-likeness (QED) is 0.782. The van der Waals surface area contributed by atoms with Crippen LogP contribution in [0.3, 0.4) is 0 Å². The fourth-order valence-electron chi connectivity index (χ4n) is 3.36. The zero-order chi connectivity index (χ0) is 15.7. The van der Waals surface area contributed by atoms with Gasteiger partial charge in [0.2, 0.25) is 0 Å². The lowest BCUT2D eigenvalue weighted by atomic mass is 9.85. The summed E-state index contributed by atoms with van der Waals surface area (Å²) in [5.74, 6) is -0.0937. The van der Waals surface area contributed by atoms with Crippen LogP contribution in [0.25, 0.3) is 0 Å². The van der Waals surface area contributed by atoms with Crippen LogP contribution in [0.5, 0.6) is 0 Å². The predicted molar refractivity (Wildman–Crippen MR) is 77.7 cm³/mol. The molecule has 2 aliphatic rings. The molecule has 1 aromatic carbocycles. The van der Waals surface area contributed by atoms with Gasteiger partial charge in [-0.3, -0.25) is 9.69 Å². The lowest BCUT2D eigenvalue weighted by molar-refractivity contribution is -0.137. The molecule has 1 aromatic rings. The van der Waals surface area contributed by atoms with Gasteiger partial charge in [0.05, 0.1) is 5.56 Å². The Balaban J connectivity index is 1.67. The van der Waals surface area contributed by atoms with E-state index in [1.807, 2.05) is 0 Å². The second-order valence-corrected chi connectivity index (χ2v) is 6.36. The Labute approximate surface area is 128 Å². The number of halogens is 3. The zero-order valence-corrected chi connectivity index (χ0v) is 12.4. The summed E-state index contributed by atoms with van der Waals surface area (Å²) in [6.07, 6.45) is 1.16. The third-order valence-corrected chi connectivity index (χ3v) is 4.91. The van der Waals surface area contributed by atoms with Gasteiger partial charge >= 0.3 is 6.18 Å². The average molecular weight is 311 g/mol. The van der Waals surface area contributed by atoms with Gasteiger partial charge in [-0.25, -0.2) is 0 Å². The van der Waals surface area contributed by atoms with E-state index in [-0.39, 0.29) is 11.7 Å². The molecule has 1 aliphatic heterocycles. The largest absolute Gasteiger partial charge is 0.416 e. The highest BCUT2D eigenvalue weighted by Crippen LogP contribution is 2.32. The number of benzene rings is 1. The van der Waals surface area contributed by atoms with Crippen molar-refractivity contribution in [2.45, 2.75) is 44.3 Å². The number of ketones is 1. The Hall–Kier alpha value is -1.36. The average Bonchev–Trinajstić information content (AvgIpc) is 2.44. The van der Waals surface area contributed by atoms with E-state index >= 15 is 0 Å². The summed E-state index contributed by atoms with van der Waals surface area (Å²) < 4.78 is 37.7. The fraction of sp³-hybridized carbons (Fsp3) is 0.588. The Bertz CT molecular complexity index is 534. The molecule has 120 valence electrons. The minimum absolute atomic E-state index is 0.0160. The molecule has 0 radical (unpaired) electrons. The van der Waals surface area contributed by atoms with Crippen molar-refractivity contribution in [1.82, 2.24) is 4.90 Å². The van der Waals surface area contributed by atoms with Gasteiger partial charge in [0.1, 0.15) is 0 Å². The topological polar surface area (TPSA) is 20.3 Å². The molecule has 3 rings (SSSR count). The van der Waals surface area contributed by atoms with E-state index in [4.69, 9.17) is 0 Å². The fourth-order valence-corrected chi connectivity index (χ4v) is 3.36. The summed E-state index contributed by atoms with van der Waals surface area (Å²) >= 11 is 0. The number of Topliss-reactive ketones (excluding diaryl/α,β-unsaturated/α-hetero) is 1. The highest BCUT2D eigenvalue weighted by atomic mass is 19.4. The van der Waals surface area contributed by atoms with E-state index in [0.717, 1.165) is 38.1 Å². The number of carbonyl (C=O) groups excluding carboxylic acids is 1. The van der Waals surface area contributed by atoms with Crippen LogP contribution in [0.4, 0.5) is 13.2 Å². The highest BCUT2D eigenvalue weighted by Gasteiger charge is 2.33. The molecular weight excluding hydrogens is 291 g/mol. The minimum atomic E-state index is -4.35. The van der Waals surface area contributed by atoms with E-state index in [1.54, 1.807) is 0 Å². The molecule has 0 bridgehead atoms. The molecular formula is C17H20F3NO. The number of piperidine rings is 1. The van der Waals surface area contributed by atoms with Gasteiger partial charge in [-0.1, -0.05) is 18.6 Å². The monoisotopic (exact) mass is 311 g/mol. The Morgan fingerprint density at radius 1 is 1.05 bits per heavy atom. The van der Waals surface area contributed by atoms with Crippen LogP contribution in [0, 0.1) is 5.92 Å². The van der Waals surface area contributed by atoms with Crippen molar-refractivity contribution in [3.63, 3.8) is 0 Å². The SMILES string of the molecule is O=C(c1ccc(C(F)(F)F)cc1)[C@H]1CCCN(C2CCC2)C1. The zero-order valence-electron chi connectivity index (χ0n) is 12.4. The van der Waals surface area contributed by atoms with Gasteiger partial charge in [-0.05, 0) is 44.4 Å². The molecule has 2 fully saturated rings. The molecule has 0 spiro atoms. The second kappa shape index (κ2) is 6.03. The standard InChI is InChI=1S/C17H20F3NO/c18-17(19,20)14-8-6-12(7-9-14)16(22)13-3-2-10-21(11-13)15-4-1-5-15/h6-9,13,15H,1-5,10-11H2/t13-/m0/s1. The van der Waals surface area contributed by atoms with Gasteiger partial charge in [-0.2, -0.15) is 13.2 Å². The molecule has 1 aliphatic carbocycles. The number of hydrogen-bond acceptors (Lipinski definition) is 2. The van der Waals surface area contributed by atoms with Crippen LogP contribution in [0.1, 0.15) is 48.0 Å². The van der Waals surface area contributed by atoms with Crippen molar-refractivity contribution in [2.75, 3.05) is 13.1 Å². The van der Waals surface area contributed by atoms with Crippen LogP contribution in [-0.2, 0) is 6.18 Å². The molecule has 0 N–H and O–H groups in total. The Morgan fingerprint density at radius 3 is 2.27 bits per heavy atom. The third kappa shape index (κ3) is 3.19. The minimum Gasteiger partial charge on any atom is -0.300 e. The van der Waals surface area contributed by atoms with Crippen molar-refractivity contribution < 1.29 is 18.0 Å². The number of nitrogens with zero attached hydrogens (tertiary/aromatic N) is 1. The number of carbonyl (C=O) groups is 1. The summed E-state index contributed by atoms with van der Waals surface area (Å²) in [4.78, 5) is 14.9. The number of likely N-dealkylation sites (tertiary alicyclic amines) is 1. The highest BCUT2D eigenvalue weighted by molar-refractivity contribution is 5.98. The van der Waals surface area contributed by atoms with E-state index < -0.39 is 11.7 Å². The summed E-state index contributed by atoms with van der Waals surface area (Å²) in [5, 5.41) is 0. The first-order chi connectivity index (χ1) is 10.4. The van der Waals surface area contributed by atoms with Gasteiger partial charge in [-0.15, -0.1) is 0 Å². The molecule has 22 heavy (non-hydrogen) atoms. The van der Waals surface area contributed by atoms with Crippen LogP contribution in [0.15, 0.2) is 24.3 Å². The van der Waals surface area contributed by atoms with Gasteiger partial charge < -0.3 is 0 Å². The first kappa shape index (κ1) is 15.5. The smallest absolute Gasteiger partial charge is 0.300 e. The van der Waals surface area contributed by atoms with Crippen molar-refractivity contribution >= 4 is 5.78 Å². The summed E-state index contributed by atoms with van der Waals surface area (Å²) in [6, 6.07) is 5.24. The van der Waals surface area contributed by atoms with Crippen molar-refractivity contribution in [1.29, 1.82) is 0 Å². The van der Waals surface area contributed by atoms with Crippen LogP contribution < -0.4 is 0 Å². The van der Waals surface area contributed by atoms with Gasteiger partial charge in [0, 0.05) is 24.1 Å². The predicted octanol–water partition coefficient (Wildman–Crippen LogP) is 4.15. The number of hydrogen-bond donors (Lipinski definition) is 0. The third-order valence-electron chi connectivity index (χ3n) is 4.91. The maximum atomic E-state index is 12.6. The molecule has 0 amide bonds. The van der Waals surface area contributed by atoms with Gasteiger partial charge in [0.25, 0.3) is 0 Å². The van der Waals surface area contributed by atoms with E-state index in [0.29, 0.717) is 11.6 Å². The van der Waals surface area contributed by atoms with E-state index in [2.05, 4.69) is 4.90 Å². The first-order valence-corrected chi connectivity index (χ1v) is 7.90. The lowest BCUT2D eigenvalue weighted by Gasteiger charge is -2.42.